The van der Waals surface area contributed by atoms with Crippen molar-refractivity contribution in [3.63, 3.8) is 0 Å². The zero-order chi connectivity index (χ0) is 45.9. The Kier molecular flexibility index (Phi) is 13.1. The molecule has 2 heterocycles. The first kappa shape index (κ1) is 47.4. The van der Waals surface area contributed by atoms with Gasteiger partial charge in [-0.15, -0.1) is 35.4 Å². The summed E-state index contributed by atoms with van der Waals surface area (Å²) in [5.41, 5.74) is 16.2. The predicted molar refractivity (Wildman–Crippen MR) is 268 cm³/mol. The Labute approximate surface area is 402 Å². The number of hydrogen-bond acceptors (Lipinski definition) is 2. The number of aromatic nitrogens is 3. The number of rotatable bonds is 8. The molecule has 0 saturated heterocycles. The third-order valence-electron chi connectivity index (χ3n) is 12.5. The molecule has 0 spiro atoms. The van der Waals surface area contributed by atoms with Gasteiger partial charge in [-0.2, -0.15) is 0 Å². The topological polar surface area (TPSA) is 41.9 Å². The molecule has 4 nitrogen and oxygen atoms in total. The Morgan fingerprint density at radius 2 is 1.15 bits per heavy atom. The molecule has 6 aromatic carbocycles. The smallest absolute Gasteiger partial charge is 0.515 e. The zero-order valence-electron chi connectivity index (χ0n) is 40.5. The van der Waals surface area contributed by atoms with E-state index in [1.54, 1.807) is 0 Å². The second-order valence-electron chi connectivity index (χ2n) is 21.3. The van der Waals surface area contributed by atoms with E-state index in [0.717, 1.165) is 72.7 Å². The Morgan fingerprint density at radius 3 is 1.75 bits per heavy atom. The van der Waals surface area contributed by atoms with E-state index in [0.29, 0.717) is 0 Å². The van der Waals surface area contributed by atoms with Gasteiger partial charge in [0.2, 0.25) is 0 Å². The number of fused-ring (bicyclic) bond motifs is 1. The van der Waals surface area contributed by atoms with Crippen LogP contribution in [-0.4, -0.2) is 14.7 Å². The quantitative estimate of drug-likeness (QED) is 0.122. The Morgan fingerprint density at radius 1 is 0.569 bits per heavy atom. The molecule has 8 rings (SSSR count). The number of benzene rings is 6. The summed E-state index contributed by atoms with van der Waals surface area (Å²) >= 11 is 0. The second-order valence-corrected chi connectivity index (χ2v) is 21.3. The van der Waals surface area contributed by atoms with Crippen LogP contribution in [0.1, 0.15) is 130 Å². The van der Waals surface area contributed by atoms with Gasteiger partial charge in [-0.1, -0.05) is 175 Å². The molecule has 8 aromatic rings. The summed E-state index contributed by atoms with van der Waals surface area (Å²) in [4.78, 5) is 5.46. The summed E-state index contributed by atoms with van der Waals surface area (Å²) < 4.78 is 4.45. The van der Waals surface area contributed by atoms with Crippen molar-refractivity contribution in [1.82, 2.24) is 9.55 Å². The van der Waals surface area contributed by atoms with Gasteiger partial charge in [-0.05, 0) is 108 Å². The van der Waals surface area contributed by atoms with Crippen molar-refractivity contribution in [3.8, 4) is 61.9 Å². The van der Waals surface area contributed by atoms with Gasteiger partial charge in [0.25, 0.3) is 0 Å². The number of aromatic hydroxyl groups is 1. The molecule has 0 unspecified atom stereocenters. The molecule has 0 amide bonds. The molecule has 0 bridgehead atoms. The summed E-state index contributed by atoms with van der Waals surface area (Å²) in [5, 5.41) is 12.2. The van der Waals surface area contributed by atoms with E-state index in [1.165, 1.54) is 22.3 Å². The van der Waals surface area contributed by atoms with Crippen LogP contribution in [0.3, 0.4) is 0 Å². The van der Waals surface area contributed by atoms with Crippen LogP contribution in [0.25, 0.3) is 67.2 Å². The average molecular weight is 1040 g/mol. The number of nitrogens with zero attached hydrogens (tertiary/aromatic N) is 3. The number of imidazole rings is 1. The van der Waals surface area contributed by atoms with E-state index in [1.807, 2.05) is 6.07 Å². The van der Waals surface area contributed by atoms with Crippen molar-refractivity contribution in [1.29, 1.82) is 0 Å². The van der Waals surface area contributed by atoms with Gasteiger partial charge in [0.15, 0.2) is 6.20 Å². The summed E-state index contributed by atoms with van der Waals surface area (Å²) in [5.74, 6) is 1.65. The Bertz CT molecular complexity index is 2990. The molecular weight excluding hydrogens is 974 g/mol. The summed E-state index contributed by atoms with van der Waals surface area (Å²) in [6, 6.07) is 49.5. The van der Waals surface area contributed by atoms with Gasteiger partial charge in [-0.25, -0.2) is 0 Å². The normalized spacial score (nSPS) is 12.3. The van der Waals surface area contributed by atoms with Gasteiger partial charge >= 0.3 is 21.1 Å². The molecule has 2 aromatic heterocycles. The first-order valence-corrected chi connectivity index (χ1v) is 22.9. The number of para-hydroxylation sites is 2. The van der Waals surface area contributed by atoms with Gasteiger partial charge in [0.05, 0.1) is 28.3 Å². The maximum Gasteiger partial charge on any atom is 2.00 e. The summed E-state index contributed by atoms with van der Waals surface area (Å²) in [6.07, 6.45) is 5.93. The van der Waals surface area contributed by atoms with Crippen LogP contribution in [0.5, 0.6) is 5.75 Å². The summed E-state index contributed by atoms with van der Waals surface area (Å²) in [6.45, 7) is 29.1. The molecular formula is C60H64N3OPt+. The van der Waals surface area contributed by atoms with Crippen LogP contribution in [0.4, 0.5) is 0 Å². The maximum absolute atomic E-state index is 12.2. The molecule has 5 heteroatoms. The molecule has 0 fully saturated rings. The van der Waals surface area contributed by atoms with Crippen LogP contribution < -0.4 is 4.57 Å². The molecule has 0 radical (unpaired) electrons. The first-order chi connectivity index (χ1) is 30.2. The number of phenols is 1. The minimum absolute atomic E-state index is 0. The largest absolute Gasteiger partial charge is 2.00 e. The van der Waals surface area contributed by atoms with E-state index < -0.39 is 0 Å². The number of hydrogen-bond donors (Lipinski definition) is 1. The van der Waals surface area contributed by atoms with Crippen LogP contribution >= 0.6 is 0 Å². The van der Waals surface area contributed by atoms with E-state index in [2.05, 4.69) is 239 Å². The van der Waals surface area contributed by atoms with E-state index in [-0.39, 0.29) is 54.9 Å². The van der Waals surface area contributed by atoms with Crippen molar-refractivity contribution >= 4 is 11.0 Å². The van der Waals surface area contributed by atoms with Crippen molar-refractivity contribution in [2.45, 2.75) is 118 Å². The minimum atomic E-state index is -0.282. The standard InChI is InChI=1S/C60H64N3O.Pt/c1-38(2)48-35-55(49(39(3)4)34-50(48)41-24-18-15-19-25-41)63-54-27-21-20-26-53(54)61-57(63)42-29-45(58(5,6)7)31-47(30-42)62-36-43(40-22-16-14-17-23-40)28-44(37-62)51-32-46(59(8,9)10)33-52(56(51)64)60(11,12)13;/h14-29,31-36,38-39,64H,1-13H3;/q-1;+2. The first-order valence-electron chi connectivity index (χ1n) is 22.9. The van der Waals surface area contributed by atoms with Crippen LogP contribution in [-0.2, 0) is 37.3 Å². The fourth-order valence-corrected chi connectivity index (χ4v) is 8.74. The molecule has 334 valence electrons. The second kappa shape index (κ2) is 18.0. The van der Waals surface area contributed by atoms with E-state index in [9.17, 15) is 5.11 Å². The molecule has 0 atom stereocenters. The predicted octanol–water partition coefficient (Wildman–Crippen LogP) is 15.4. The van der Waals surface area contributed by atoms with Gasteiger partial charge < -0.3 is 9.67 Å². The van der Waals surface area contributed by atoms with Crippen molar-refractivity contribution in [3.05, 3.63) is 174 Å². The number of pyridine rings is 1. The molecule has 0 aliphatic rings. The third kappa shape index (κ3) is 9.57. The Balaban J connectivity index is 0.00000630. The SMILES string of the molecule is CC(C)c1cc(-n2c(-c3[c-]c(-[n+]4[c-]c(-c5cc(C(C)(C)C)cc(C(C)(C)C)c5O)cc(-c5ccccc5)c4)cc(C(C)(C)C)c3)nc3ccccc32)c(C(C)C)cc1-c1ccccc1.[Pt+2]. The van der Waals surface area contributed by atoms with Gasteiger partial charge in [0, 0.05) is 5.69 Å². The summed E-state index contributed by atoms with van der Waals surface area (Å²) in [7, 11) is 0. The molecule has 0 saturated carbocycles. The van der Waals surface area contributed by atoms with Crippen LogP contribution in [0, 0.1) is 12.3 Å². The van der Waals surface area contributed by atoms with E-state index in [4.69, 9.17) is 4.98 Å². The zero-order valence-corrected chi connectivity index (χ0v) is 42.7. The fraction of sp³-hybridized carbons (Fsp3) is 0.300. The number of phenolic OH excluding ortho intramolecular Hbond substituents is 1. The van der Waals surface area contributed by atoms with Gasteiger partial charge in [-0.3, -0.25) is 9.55 Å². The van der Waals surface area contributed by atoms with Crippen LogP contribution in [0.2, 0.25) is 0 Å². The van der Waals surface area contributed by atoms with Crippen molar-refractivity contribution in [2.24, 2.45) is 0 Å². The molecule has 65 heavy (non-hydrogen) atoms. The maximum atomic E-state index is 12.2. The van der Waals surface area contributed by atoms with Crippen LogP contribution in [0.15, 0.2) is 134 Å². The molecule has 0 aliphatic carbocycles. The van der Waals surface area contributed by atoms with Gasteiger partial charge in [0.1, 0.15) is 6.20 Å². The Hall–Kier alpha value is -5.57. The fourth-order valence-electron chi connectivity index (χ4n) is 8.74. The van der Waals surface area contributed by atoms with E-state index >= 15 is 0 Å². The molecule has 1 N–H and O–H groups in total. The monoisotopic (exact) mass is 1040 g/mol. The average Bonchev–Trinajstić information content (AvgIpc) is 3.65. The van der Waals surface area contributed by atoms with Crippen molar-refractivity contribution in [2.75, 3.05) is 0 Å². The molecule has 0 aliphatic heterocycles. The third-order valence-corrected chi connectivity index (χ3v) is 12.5. The van der Waals surface area contributed by atoms with Crippen molar-refractivity contribution < 1.29 is 30.7 Å². The minimum Gasteiger partial charge on any atom is -0.515 e.